The van der Waals surface area contributed by atoms with E-state index in [1.165, 1.54) is 11.1 Å². The van der Waals surface area contributed by atoms with Gasteiger partial charge in [0, 0.05) is 18.8 Å². The molecule has 0 spiro atoms. The van der Waals surface area contributed by atoms with Crippen molar-refractivity contribution in [3.8, 4) is 0 Å². The molecule has 1 unspecified atom stereocenters. The van der Waals surface area contributed by atoms with Crippen molar-refractivity contribution in [2.45, 2.75) is 46.1 Å². The number of benzene rings is 1. The molecule has 1 aliphatic heterocycles. The van der Waals surface area contributed by atoms with Crippen molar-refractivity contribution in [3.63, 3.8) is 0 Å². The Hall–Kier alpha value is -1.71. The number of likely N-dealkylation sites (tertiary alicyclic amines) is 1. The van der Waals surface area contributed by atoms with Crippen LogP contribution in [0.25, 0.3) is 0 Å². The maximum atomic E-state index is 12.1. The van der Waals surface area contributed by atoms with Crippen LogP contribution in [0.5, 0.6) is 0 Å². The Morgan fingerprint density at radius 3 is 2.81 bits per heavy atom. The Labute approximate surface area is 127 Å². The minimum absolute atomic E-state index is 0.206. The molecule has 1 amide bonds. The quantitative estimate of drug-likeness (QED) is 0.850. The Balaban J connectivity index is 1.93. The lowest BCUT2D eigenvalue weighted by Gasteiger charge is -2.24. The Morgan fingerprint density at radius 2 is 2.14 bits per heavy atom. The van der Waals surface area contributed by atoms with Crippen LogP contribution in [-0.4, -0.2) is 29.7 Å². The van der Waals surface area contributed by atoms with Crippen molar-refractivity contribution in [1.29, 1.82) is 0 Å². The zero-order valence-electron chi connectivity index (χ0n) is 13.5. The molecule has 0 aromatic heterocycles. The Bertz CT molecular complexity index is 520. The van der Waals surface area contributed by atoms with E-state index in [9.17, 15) is 4.79 Å². The van der Waals surface area contributed by atoms with E-state index < -0.39 is 5.60 Å². The van der Waals surface area contributed by atoms with Crippen molar-refractivity contribution in [2.75, 3.05) is 18.8 Å². The molecule has 1 heterocycles. The third-order valence-electron chi connectivity index (χ3n) is 3.74. The largest absolute Gasteiger partial charge is 0.444 e. The first-order chi connectivity index (χ1) is 9.74. The molecule has 4 nitrogen and oxygen atoms in total. The first kappa shape index (κ1) is 15.7. The van der Waals surface area contributed by atoms with Crippen LogP contribution >= 0.6 is 0 Å². The molecule has 1 aliphatic rings. The van der Waals surface area contributed by atoms with Gasteiger partial charge in [0.2, 0.25) is 0 Å². The number of ether oxygens (including phenoxy) is 1. The second-order valence-corrected chi connectivity index (χ2v) is 6.99. The van der Waals surface area contributed by atoms with Crippen LogP contribution in [-0.2, 0) is 11.2 Å². The zero-order valence-corrected chi connectivity index (χ0v) is 13.5. The van der Waals surface area contributed by atoms with Gasteiger partial charge in [-0.25, -0.2) is 4.79 Å². The van der Waals surface area contributed by atoms with Gasteiger partial charge in [-0.05, 0) is 58.1 Å². The fraction of sp³-hybridized carbons (Fsp3) is 0.588. The standard InChI is InChI=1S/C17H26N2O2/c1-12-5-6-15(18)14(9-12)10-13-7-8-19(11-13)16(20)21-17(2,3)4/h5-6,9,13H,7-8,10-11,18H2,1-4H3. The van der Waals surface area contributed by atoms with Gasteiger partial charge in [0.1, 0.15) is 5.60 Å². The number of amides is 1. The summed E-state index contributed by atoms with van der Waals surface area (Å²) >= 11 is 0. The molecule has 21 heavy (non-hydrogen) atoms. The number of nitrogens with zero attached hydrogens (tertiary/aromatic N) is 1. The molecule has 0 radical (unpaired) electrons. The highest BCUT2D eigenvalue weighted by atomic mass is 16.6. The smallest absolute Gasteiger partial charge is 0.410 e. The van der Waals surface area contributed by atoms with Gasteiger partial charge in [0.15, 0.2) is 0 Å². The highest BCUT2D eigenvalue weighted by molar-refractivity contribution is 5.68. The van der Waals surface area contributed by atoms with Crippen LogP contribution in [0.3, 0.4) is 0 Å². The SMILES string of the molecule is Cc1ccc(N)c(CC2CCN(C(=O)OC(C)(C)C)C2)c1. The van der Waals surface area contributed by atoms with Crippen LogP contribution < -0.4 is 5.73 Å². The number of carbonyl (C=O) groups excluding carboxylic acids is 1. The van der Waals surface area contributed by atoms with Crippen LogP contribution in [0, 0.1) is 12.8 Å². The minimum Gasteiger partial charge on any atom is -0.444 e. The third kappa shape index (κ3) is 4.38. The van der Waals surface area contributed by atoms with Crippen molar-refractivity contribution in [2.24, 2.45) is 5.92 Å². The molecule has 0 saturated carbocycles. The van der Waals surface area contributed by atoms with E-state index in [0.29, 0.717) is 5.92 Å². The number of nitrogen functional groups attached to an aromatic ring is 1. The monoisotopic (exact) mass is 290 g/mol. The summed E-state index contributed by atoms with van der Waals surface area (Å²) in [6.45, 7) is 9.28. The highest BCUT2D eigenvalue weighted by Crippen LogP contribution is 2.25. The van der Waals surface area contributed by atoms with Crippen LogP contribution in [0.4, 0.5) is 10.5 Å². The van der Waals surface area contributed by atoms with Gasteiger partial charge in [-0.15, -0.1) is 0 Å². The van der Waals surface area contributed by atoms with E-state index in [2.05, 4.69) is 13.0 Å². The fourth-order valence-corrected chi connectivity index (χ4v) is 2.71. The number of hydrogen-bond acceptors (Lipinski definition) is 3. The fourth-order valence-electron chi connectivity index (χ4n) is 2.71. The normalized spacial score (nSPS) is 18.9. The van der Waals surface area contributed by atoms with Crippen LogP contribution in [0.2, 0.25) is 0 Å². The summed E-state index contributed by atoms with van der Waals surface area (Å²) in [5.41, 5.74) is 8.86. The Morgan fingerprint density at radius 1 is 1.43 bits per heavy atom. The van der Waals surface area contributed by atoms with Gasteiger partial charge in [-0.1, -0.05) is 17.7 Å². The molecule has 0 aliphatic carbocycles. The molecule has 0 bridgehead atoms. The lowest BCUT2D eigenvalue weighted by Crippen LogP contribution is -2.35. The number of aryl methyl sites for hydroxylation is 1. The molecule has 1 aromatic carbocycles. The molecule has 116 valence electrons. The maximum absolute atomic E-state index is 12.1. The second-order valence-electron chi connectivity index (χ2n) is 6.99. The maximum Gasteiger partial charge on any atom is 0.410 e. The number of anilines is 1. The summed E-state index contributed by atoms with van der Waals surface area (Å²) < 4.78 is 5.43. The zero-order chi connectivity index (χ0) is 15.6. The van der Waals surface area contributed by atoms with E-state index in [4.69, 9.17) is 10.5 Å². The van der Waals surface area contributed by atoms with Gasteiger partial charge in [-0.2, -0.15) is 0 Å². The predicted octanol–water partition coefficient (Wildman–Crippen LogP) is 3.38. The minimum atomic E-state index is -0.434. The lowest BCUT2D eigenvalue weighted by molar-refractivity contribution is 0.0288. The molecule has 1 fully saturated rings. The van der Waals surface area contributed by atoms with Crippen molar-refractivity contribution >= 4 is 11.8 Å². The number of carbonyl (C=O) groups is 1. The van der Waals surface area contributed by atoms with E-state index in [-0.39, 0.29) is 6.09 Å². The van der Waals surface area contributed by atoms with Crippen molar-refractivity contribution in [3.05, 3.63) is 29.3 Å². The van der Waals surface area contributed by atoms with Gasteiger partial charge in [-0.3, -0.25) is 0 Å². The highest BCUT2D eigenvalue weighted by Gasteiger charge is 2.29. The van der Waals surface area contributed by atoms with Gasteiger partial charge < -0.3 is 15.4 Å². The van der Waals surface area contributed by atoms with Gasteiger partial charge in [0.25, 0.3) is 0 Å². The summed E-state index contributed by atoms with van der Waals surface area (Å²) in [7, 11) is 0. The van der Waals surface area contributed by atoms with E-state index in [0.717, 1.165) is 31.6 Å². The first-order valence-corrected chi connectivity index (χ1v) is 7.57. The Kier molecular flexibility index (Phi) is 4.45. The number of nitrogens with two attached hydrogens (primary N) is 1. The molecule has 1 saturated heterocycles. The summed E-state index contributed by atoms with van der Waals surface area (Å²) in [5, 5.41) is 0. The summed E-state index contributed by atoms with van der Waals surface area (Å²) in [4.78, 5) is 13.9. The van der Waals surface area contributed by atoms with Crippen LogP contribution in [0.15, 0.2) is 18.2 Å². The average molecular weight is 290 g/mol. The molecular formula is C17H26N2O2. The number of rotatable bonds is 2. The van der Waals surface area contributed by atoms with E-state index in [1.54, 1.807) is 0 Å². The van der Waals surface area contributed by atoms with Crippen molar-refractivity contribution < 1.29 is 9.53 Å². The van der Waals surface area contributed by atoms with Gasteiger partial charge in [0.05, 0.1) is 0 Å². The molecular weight excluding hydrogens is 264 g/mol. The number of hydrogen-bond donors (Lipinski definition) is 1. The summed E-state index contributed by atoms with van der Waals surface area (Å²) in [6, 6.07) is 6.14. The van der Waals surface area contributed by atoms with Crippen LogP contribution in [0.1, 0.15) is 38.3 Å². The first-order valence-electron chi connectivity index (χ1n) is 7.57. The van der Waals surface area contributed by atoms with E-state index >= 15 is 0 Å². The third-order valence-corrected chi connectivity index (χ3v) is 3.74. The lowest BCUT2D eigenvalue weighted by atomic mass is 9.96. The van der Waals surface area contributed by atoms with Crippen molar-refractivity contribution in [1.82, 2.24) is 4.90 Å². The average Bonchev–Trinajstić information content (AvgIpc) is 2.80. The van der Waals surface area contributed by atoms with E-state index in [1.807, 2.05) is 37.8 Å². The molecule has 4 heteroatoms. The predicted molar refractivity (Wildman–Crippen MR) is 85.2 cm³/mol. The molecule has 1 aromatic rings. The van der Waals surface area contributed by atoms with Gasteiger partial charge >= 0.3 is 6.09 Å². The molecule has 1 atom stereocenters. The molecule has 2 rings (SSSR count). The second kappa shape index (κ2) is 5.96. The topological polar surface area (TPSA) is 55.6 Å². The summed E-state index contributed by atoms with van der Waals surface area (Å²) in [6.07, 6.45) is 1.72. The molecule has 2 N–H and O–H groups in total. The summed E-state index contributed by atoms with van der Waals surface area (Å²) in [5.74, 6) is 0.460.